The quantitative estimate of drug-likeness (QED) is 0.347. The van der Waals surface area contributed by atoms with E-state index in [2.05, 4.69) is 20.7 Å². The third-order valence-electron chi connectivity index (χ3n) is 7.01. The molecule has 3 N–H and O–H groups in total. The number of aryl methyl sites for hydroxylation is 1. The van der Waals surface area contributed by atoms with E-state index >= 15 is 0 Å². The van der Waals surface area contributed by atoms with Crippen LogP contribution in [-0.2, 0) is 17.6 Å². The molecule has 1 aromatic carbocycles. The number of fused-ring (bicyclic) bond motifs is 1. The molecule has 1 fully saturated rings. The van der Waals surface area contributed by atoms with E-state index in [1.54, 1.807) is 12.1 Å². The summed E-state index contributed by atoms with van der Waals surface area (Å²) in [5.41, 5.74) is 0.190. The highest BCUT2D eigenvalue weighted by atomic mass is 19.4. The molecule has 2 aromatic heterocycles. The van der Waals surface area contributed by atoms with Crippen LogP contribution in [0.25, 0.3) is 5.82 Å². The van der Waals surface area contributed by atoms with Gasteiger partial charge in [-0.05, 0) is 42.7 Å². The molecule has 3 aromatic rings. The number of hydrogen-bond acceptors (Lipinski definition) is 8. The number of halogens is 3. The van der Waals surface area contributed by atoms with Crippen molar-refractivity contribution in [3.63, 3.8) is 0 Å². The maximum Gasteiger partial charge on any atom is 0.422 e. The van der Waals surface area contributed by atoms with Gasteiger partial charge >= 0.3 is 6.18 Å². The smallest absolute Gasteiger partial charge is 0.422 e. The summed E-state index contributed by atoms with van der Waals surface area (Å²) in [6.07, 6.45) is -1.60. The lowest BCUT2D eigenvalue weighted by Gasteiger charge is -2.24. The molecule has 11 nitrogen and oxygen atoms in total. The fraction of sp³-hybridized carbons (Fsp3) is 0.393. The van der Waals surface area contributed by atoms with Gasteiger partial charge in [0.05, 0.1) is 23.4 Å². The molecule has 2 aliphatic rings. The van der Waals surface area contributed by atoms with Crippen molar-refractivity contribution in [3.8, 4) is 17.6 Å². The zero-order chi connectivity index (χ0) is 29.9. The van der Waals surface area contributed by atoms with Crippen LogP contribution < -0.4 is 15.4 Å². The van der Waals surface area contributed by atoms with Gasteiger partial charge in [-0.15, -0.1) is 0 Å². The van der Waals surface area contributed by atoms with Gasteiger partial charge < -0.3 is 25.2 Å². The number of amides is 2. The van der Waals surface area contributed by atoms with Crippen LogP contribution in [0.3, 0.4) is 0 Å². The average Bonchev–Trinajstić information content (AvgIpc) is 3.58. The first kappa shape index (κ1) is 29.0. The molecule has 0 spiro atoms. The van der Waals surface area contributed by atoms with E-state index in [0.717, 1.165) is 5.56 Å². The van der Waals surface area contributed by atoms with Gasteiger partial charge in [-0.25, -0.2) is 9.67 Å². The first-order valence-electron chi connectivity index (χ1n) is 13.2. The van der Waals surface area contributed by atoms with Crippen molar-refractivity contribution in [2.45, 2.75) is 43.5 Å². The molecule has 1 saturated heterocycles. The summed E-state index contributed by atoms with van der Waals surface area (Å²) in [5, 5.41) is 29.9. The topological polar surface area (TPSA) is 151 Å². The van der Waals surface area contributed by atoms with Crippen molar-refractivity contribution in [1.29, 1.82) is 5.26 Å². The van der Waals surface area contributed by atoms with Crippen LogP contribution in [0.4, 0.5) is 13.2 Å². The minimum atomic E-state index is -4.45. The summed E-state index contributed by atoms with van der Waals surface area (Å²) < 4.78 is 48.8. The normalized spacial score (nSPS) is 20.0. The summed E-state index contributed by atoms with van der Waals surface area (Å²) in [7, 11) is 0. The second-order valence-corrected chi connectivity index (χ2v) is 10.3. The van der Waals surface area contributed by atoms with Gasteiger partial charge in [0.1, 0.15) is 23.1 Å². The molecule has 0 bridgehead atoms. The monoisotopic (exact) mass is 584 g/mol. The largest absolute Gasteiger partial charge is 0.484 e. The maximum atomic E-state index is 13.4. The van der Waals surface area contributed by atoms with Gasteiger partial charge in [-0.3, -0.25) is 9.59 Å². The summed E-state index contributed by atoms with van der Waals surface area (Å²) in [4.78, 5) is 31.0. The van der Waals surface area contributed by atoms with Gasteiger partial charge in [-0.2, -0.15) is 23.5 Å². The Morgan fingerprint density at radius 1 is 1.33 bits per heavy atom. The van der Waals surface area contributed by atoms with Gasteiger partial charge in [0, 0.05) is 38.2 Å². The number of ether oxygens (including phenoxy) is 2. The van der Waals surface area contributed by atoms with Crippen molar-refractivity contribution < 1.29 is 37.3 Å². The first-order valence-corrected chi connectivity index (χ1v) is 13.2. The Bertz CT molecular complexity index is 1510. The number of benzene rings is 1. The Morgan fingerprint density at radius 2 is 2.17 bits per heavy atom. The number of hydrogen-bond donors (Lipinski definition) is 3. The summed E-state index contributed by atoms with van der Waals surface area (Å²) in [5.74, 6) is -0.842. The number of carbonyl (C=O) groups excluding carboxylic acids is 2. The molecule has 42 heavy (non-hydrogen) atoms. The number of pyridine rings is 1. The van der Waals surface area contributed by atoms with Gasteiger partial charge in [0.2, 0.25) is 0 Å². The minimum absolute atomic E-state index is 0.0600. The molecule has 4 heterocycles. The predicted molar refractivity (Wildman–Crippen MR) is 140 cm³/mol. The van der Waals surface area contributed by atoms with Gasteiger partial charge in [0.25, 0.3) is 11.8 Å². The van der Waals surface area contributed by atoms with Crippen molar-refractivity contribution in [1.82, 2.24) is 25.4 Å². The number of rotatable bonds is 9. The predicted octanol–water partition coefficient (Wildman–Crippen LogP) is 2.25. The average molecular weight is 585 g/mol. The van der Waals surface area contributed by atoms with E-state index in [4.69, 9.17) is 14.7 Å². The molecule has 0 aliphatic carbocycles. The lowest BCUT2D eigenvalue weighted by molar-refractivity contribution is -0.153. The van der Waals surface area contributed by atoms with Gasteiger partial charge in [0.15, 0.2) is 12.4 Å². The summed E-state index contributed by atoms with van der Waals surface area (Å²) in [6, 6.07) is 11.0. The Labute approximate surface area is 238 Å². The number of nitrogens with one attached hydrogen (secondary N) is 2. The molecule has 2 aliphatic heterocycles. The molecule has 220 valence electrons. The molecule has 2 atom stereocenters. The Hall–Kier alpha value is -4.48. The van der Waals surface area contributed by atoms with Crippen LogP contribution in [0, 0.1) is 11.3 Å². The number of aliphatic hydroxyl groups is 1. The number of nitriles is 1. The molecule has 5 rings (SSSR count). The van der Waals surface area contributed by atoms with Crippen molar-refractivity contribution in [2.75, 3.05) is 26.4 Å². The Morgan fingerprint density at radius 3 is 2.86 bits per heavy atom. The number of nitrogens with zero attached hydrogens (tertiary/aromatic N) is 4. The van der Waals surface area contributed by atoms with E-state index in [-0.39, 0.29) is 48.4 Å². The highest BCUT2D eigenvalue weighted by molar-refractivity contribution is 6.08. The number of alkyl halides is 3. The molecular weight excluding hydrogens is 557 g/mol. The summed E-state index contributed by atoms with van der Waals surface area (Å²) >= 11 is 0. The molecule has 0 radical (unpaired) electrons. The fourth-order valence-corrected chi connectivity index (χ4v) is 4.88. The maximum absolute atomic E-state index is 13.4. The molecule has 0 saturated carbocycles. The SMILES string of the molecule is N#Cc1ccc(-n2nc3c(c2C(=O)NCC2(O)CCOC2)C(=O)NC(CCc2cccc(OCC(F)(F)F)c2)C3)nc1. The van der Waals surface area contributed by atoms with E-state index in [9.17, 15) is 27.9 Å². The van der Waals surface area contributed by atoms with Crippen LogP contribution >= 0.6 is 0 Å². The van der Waals surface area contributed by atoms with Crippen LogP contribution in [0.2, 0.25) is 0 Å². The zero-order valence-electron chi connectivity index (χ0n) is 22.3. The van der Waals surface area contributed by atoms with E-state index in [1.807, 2.05) is 6.07 Å². The minimum Gasteiger partial charge on any atom is -0.484 e. The summed E-state index contributed by atoms with van der Waals surface area (Å²) in [6.45, 7) is -1.05. The molecule has 2 unspecified atom stereocenters. The fourth-order valence-electron chi connectivity index (χ4n) is 4.88. The first-order chi connectivity index (χ1) is 20.0. The third kappa shape index (κ3) is 6.69. The van der Waals surface area contributed by atoms with E-state index in [0.29, 0.717) is 37.1 Å². The highest BCUT2D eigenvalue weighted by Crippen LogP contribution is 2.26. The lowest BCUT2D eigenvalue weighted by atomic mass is 9.95. The van der Waals surface area contributed by atoms with Crippen LogP contribution in [0.15, 0.2) is 42.6 Å². The van der Waals surface area contributed by atoms with E-state index in [1.165, 1.54) is 35.1 Å². The Kier molecular flexibility index (Phi) is 8.15. The van der Waals surface area contributed by atoms with Crippen molar-refractivity contribution in [3.05, 3.63) is 70.7 Å². The van der Waals surface area contributed by atoms with Crippen LogP contribution in [0.5, 0.6) is 5.75 Å². The van der Waals surface area contributed by atoms with Crippen molar-refractivity contribution in [2.24, 2.45) is 0 Å². The second-order valence-electron chi connectivity index (χ2n) is 10.3. The second kappa shape index (κ2) is 11.8. The third-order valence-corrected chi connectivity index (χ3v) is 7.01. The molecule has 14 heteroatoms. The highest BCUT2D eigenvalue weighted by Gasteiger charge is 2.37. The zero-order valence-corrected chi connectivity index (χ0v) is 22.3. The number of aromatic nitrogens is 3. The van der Waals surface area contributed by atoms with Gasteiger partial charge in [-0.1, -0.05) is 12.1 Å². The lowest BCUT2D eigenvalue weighted by Crippen LogP contribution is -2.45. The molecule has 2 amide bonds. The van der Waals surface area contributed by atoms with Crippen LogP contribution in [0.1, 0.15) is 50.5 Å². The van der Waals surface area contributed by atoms with Crippen LogP contribution in [-0.4, -0.2) is 75.9 Å². The molecular formula is C28H27F3N6O5. The number of carbonyl (C=O) groups is 2. The Balaban J connectivity index is 1.35. The van der Waals surface area contributed by atoms with E-state index < -0.39 is 30.2 Å². The standard InChI is InChI=1S/C28H27F3N6O5/c29-28(30,31)16-42-20-3-1-2-17(10-20)4-6-19-11-21-23(25(38)35-19)24(26(39)34-14-27(40)8-9-41-15-27)37(36-21)22-7-5-18(12-32)13-33-22/h1-3,5,7,10,13,19,40H,4,6,8-9,11,14-16H2,(H,34,39)(H,35,38). The van der Waals surface area contributed by atoms with Crippen molar-refractivity contribution >= 4 is 11.8 Å².